The molecule has 0 aliphatic carbocycles. The number of nitrogens with zero attached hydrogens (tertiary/aromatic N) is 2. The van der Waals surface area contributed by atoms with E-state index in [1.165, 1.54) is 0 Å². The quantitative estimate of drug-likeness (QED) is 0.779. The molecule has 0 amide bonds. The summed E-state index contributed by atoms with van der Waals surface area (Å²) < 4.78 is 6.93. The monoisotopic (exact) mass is 255 g/mol. The molecule has 5 nitrogen and oxygen atoms in total. The molecule has 2 heterocycles. The summed E-state index contributed by atoms with van der Waals surface area (Å²) in [5.41, 5.74) is 1.91. The van der Waals surface area contributed by atoms with Gasteiger partial charge in [0.15, 0.2) is 5.65 Å². The topological polar surface area (TPSA) is 59.9 Å². The van der Waals surface area contributed by atoms with Crippen LogP contribution in [0.4, 0.5) is 0 Å². The van der Waals surface area contributed by atoms with Crippen molar-refractivity contribution in [1.29, 1.82) is 0 Å². The highest BCUT2D eigenvalue weighted by atomic mass is 16.5. The van der Waals surface area contributed by atoms with E-state index >= 15 is 0 Å². The summed E-state index contributed by atoms with van der Waals surface area (Å²) in [4.78, 5) is 19.0. The molecular formula is C14H13N3O2. The van der Waals surface area contributed by atoms with Crippen molar-refractivity contribution in [3.8, 4) is 11.4 Å². The van der Waals surface area contributed by atoms with Crippen molar-refractivity contribution >= 4 is 11.2 Å². The third-order valence-electron chi connectivity index (χ3n) is 2.85. The number of benzene rings is 1. The maximum absolute atomic E-state index is 12.0. The number of H-pyrrole nitrogens is 1. The molecule has 19 heavy (non-hydrogen) atoms. The molecule has 0 atom stereocenters. The zero-order valence-electron chi connectivity index (χ0n) is 10.5. The molecule has 0 spiro atoms. The van der Waals surface area contributed by atoms with Gasteiger partial charge in [0, 0.05) is 6.20 Å². The summed E-state index contributed by atoms with van der Waals surface area (Å²) in [7, 11) is 0. The maximum Gasteiger partial charge on any atom is 0.332 e. The summed E-state index contributed by atoms with van der Waals surface area (Å²) >= 11 is 0. The number of aromatic nitrogens is 3. The van der Waals surface area contributed by atoms with Gasteiger partial charge in [-0.25, -0.2) is 14.3 Å². The molecule has 0 saturated heterocycles. The van der Waals surface area contributed by atoms with E-state index in [2.05, 4.69) is 9.97 Å². The van der Waals surface area contributed by atoms with Crippen LogP contribution < -0.4 is 10.4 Å². The lowest BCUT2D eigenvalue weighted by molar-refractivity contribution is 0.340. The number of nitrogens with one attached hydrogen (secondary N) is 1. The highest BCUT2D eigenvalue weighted by molar-refractivity contribution is 5.72. The van der Waals surface area contributed by atoms with Gasteiger partial charge in [0.25, 0.3) is 0 Å². The van der Waals surface area contributed by atoms with Crippen LogP contribution in [0.25, 0.3) is 16.9 Å². The SMILES string of the molecule is CCOc1ccc(-n2c(=O)[nH]c3cccnc32)cc1. The number of aromatic amines is 1. The first kappa shape index (κ1) is 11.5. The summed E-state index contributed by atoms with van der Waals surface area (Å²) in [6, 6.07) is 11.0. The van der Waals surface area contributed by atoms with Gasteiger partial charge in [0.05, 0.1) is 17.8 Å². The Kier molecular flexibility index (Phi) is 2.79. The molecule has 1 N–H and O–H groups in total. The third-order valence-corrected chi connectivity index (χ3v) is 2.85. The van der Waals surface area contributed by atoms with E-state index in [-0.39, 0.29) is 5.69 Å². The zero-order chi connectivity index (χ0) is 13.2. The molecule has 0 radical (unpaired) electrons. The Labute approximate surface area is 109 Å². The molecule has 1 aromatic carbocycles. The minimum absolute atomic E-state index is 0.196. The van der Waals surface area contributed by atoms with E-state index in [4.69, 9.17) is 4.74 Å². The lowest BCUT2D eigenvalue weighted by Gasteiger charge is -2.05. The number of ether oxygens (including phenoxy) is 1. The van der Waals surface area contributed by atoms with Crippen molar-refractivity contribution in [1.82, 2.24) is 14.5 Å². The van der Waals surface area contributed by atoms with E-state index < -0.39 is 0 Å². The number of rotatable bonds is 3. The van der Waals surface area contributed by atoms with Gasteiger partial charge in [0.2, 0.25) is 0 Å². The number of imidazole rings is 1. The number of hydrogen-bond acceptors (Lipinski definition) is 3. The van der Waals surface area contributed by atoms with Gasteiger partial charge in [-0.3, -0.25) is 0 Å². The van der Waals surface area contributed by atoms with Gasteiger partial charge in [-0.15, -0.1) is 0 Å². The van der Waals surface area contributed by atoms with Crippen molar-refractivity contribution in [3.63, 3.8) is 0 Å². The van der Waals surface area contributed by atoms with Crippen molar-refractivity contribution in [3.05, 3.63) is 53.1 Å². The molecule has 0 aliphatic rings. The smallest absolute Gasteiger partial charge is 0.332 e. The van der Waals surface area contributed by atoms with Crippen molar-refractivity contribution < 1.29 is 4.74 Å². The normalized spacial score (nSPS) is 10.8. The van der Waals surface area contributed by atoms with Crippen LogP contribution in [0, 0.1) is 0 Å². The first-order chi connectivity index (χ1) is 9.29. The van der Waals surface area contributed by atoms with Crippen LogP contribution in [0.3, 0.4) is 0 Å². The average molecular weight is 255 g/mol. The van der Waals surface area contributed by atoms with Gasteiger partial charge in [-0.05, 0) is 43.3 Å². The second kappa shape index (κ2) is 4.61. The Morgan fingerprint density at radius 1 is 1.26 bits per heavy atom. The fraction of sp³-hybridized carbons (Fsp3) is 0.143. The Balaban J connectivity index is 2.13. The van der Waals surface area contributed by atoms with Gasteiger partial charge >= 0.3 is 5.69 Å². The van der Waals surface area contributed by atoms with Crippen molar-refractivity contribution in [2.24, 2.45) is 0 Å². The molecule has 0 aliphatic heterocycles. The van der Waals surface area contributed by atoms with E-state index in [0.717, 1.165) is 17.0 Å². The predicted octanol–water partition coefficient (Wildman–Crippen LogP) is 2.11. The largest absolute Gasteiger partial charge is 0.494 e. The second-order valence-corrected chi connectivity index (χ2v) is 4.07. The molecule has 0 bridgehead atoms. The molecule has 3 aromatic rings. The minimum atomic E-state index is -0.196. The van der Waals surface area contributed by atoms with Gasteiger partial charge in [0.1, 0.15) is 5.75 Å². The Morgan fingerprint density at radius 2 is 2.05 bits per heavy atom. The van der Waals surface area contributed by atoms with Crippen molar-refractivity contribution in [2.75, 3.05) is 6.61 Å². The van der Waals surface area contributed by atoms with Crippen LogP contribution in [0.1, 0.15) is 6.92 Å². The standard InChI is InChI=1S/C14H13N3O2/c1-2-19-11-7-5-10(6-8-11)17-13-12(16-14(17)18)4-3-9-15-13/h3-9H,2H2,1H3,(H,16,18). The lowest BCUT2D eigenvalue weighted by atomic mass is 10.3. The van der Waals surface area contributed by atoms with E-state index in [1.54, 1.807) is 16.8 Å². The molecule has 0 unspecified atom stereocenters. The Bertz CT molecular complexity index is 756. The van der Waals surface area contributed by atoms with E-state index in [9.17, 15) is 4.79 Å². The fourth-order valence-electron chi connectivity index (χ4n) is 2.04. The first-order valence-electron chi connectivity index (χ1n) is 6.08. The van der Waals surface area contributed by atoms with E-state index in [0.29, 0.717) is 12.3 Å². The summed E-state index contributed by atoms with van der Waals surface area (Å²) in [6.07, 6.45) is 1.67. The van der Waals surface area contributed by atoms with Crippen LogP contribution in [-0.2, 0) is 0 Å². The Morgan fingerprint density at radius 3 is 2.79 bits per heavy atom. The predicted molar refractivity (Wildman–Crippen MR) is 72.9 cm³/mol. The lowest BCUT2D eigenvalue weighted by Crippen LogP contribution is -2.14. The fourth-order valence-corrected chi connectivity index (χ4v) is 2.04. The number of pyridine rings is 1. The maximum atomic E-state index is 12.0. The van der Waals surface area contributed by atoms with Crippen LogP contribution >= 0.6 is 0 Å². The van der Waals surface area contributed by atoms with Gasteiger partial charge < -0.3 is 9.72 Å². The molecule has 5 heteroatoms. The Hall–Kier alpha value is -2.56. The van der Waals surface area contributed by atoms with Crippen LogP contribution in [0.5, 0.6) is 5.75 Å². The van der Waals surface area contributed by atoms with Crippen LogP contribution in [0.15, 0.2) is 47.4 Å². The summed E-state index contributed by atoms with van der Waals surface area (Å²) in [6.45, 7) is 2.55. The summed E-state index contributed by atoms with van der Waals surface area (Å²) in [5, 5.41) is 0. The second-order valence-electron chi connectivity index (χ2n) is 4.07. The van der Waals surface area contributed by atoms with E-state index in [1.807, 2.05) is 37.3 Å². The van der Waals surface area contributed by atoms with Crippen molar-refractivity contribution in [2.45, 2.75) is 6.92 Å². The molecule has 0 fully saturated rings. The zero-order valence-corrected chi connectivity index (χ0v) is 10.5. The van der Waals surface area contributed by atoms with Crippen LogP contribution in [0.2, 0.25) is 0 Å². The number of fused-ring (bicyclic) bond motifs is 1. The van der Waals surface area contributed by atoms with Gasteiger partial charge in [-0.2, -0.15) is 0 Å². The molecular weight excluding hydrogens is 242 g/mol. The highest BCUT2D eigenvalue weighted by Gasteiger charge is 2.09. The first-order valence-corrected chi connectivity index (χ1v) is 6.08. The molecule has 96 valence electrons. The molecule has 3 rings (SSSR count). The molecule has 2 aromatic heterocycles. The molecule has 0 saturated carbocycles. The van der Waals surface area contributed by atoms with Gasteiger partial charge in [-0.1, -0.05) is 0 Å². The minimum Gasteiger partial charge on any atom is -0.494 e. The van der Waals surface area contributed by atoms with Crippen LogP contribution in [-0.4, -0.2) is 21.1 Å². The third kappa shape index (κ3) is 1.99. The number of hydrogen-bond donors (Lipinski definition) is 1. The summed E-state index contributed by atoms with van der Waals surface area (Å²) in [5.74, 6) is 0.784. The average Bonchev–Trinajstić information content (AvgIpc) is 2.76. The highest BCUT2D eigenvalue weighted by Crippen LogP contribution is 2.17.